The van der Waals surface area contributed by atoms with Crippen LogP contribution < -0.4 is 5.73 Å². The van der Waals surface area contributed by atoms with Crippen LogP contribution in [0.15, 0.2) is 0 Å². The van der Waals surface area contributed by atoms with Crippen LogP contribution in [0.4, 0.5) is 0 Å². The monoisotopic (exact) mass is 159 g/mol. The fourth-order valence-electron chi connectivity index (χ4n) is 1.40. The summed E-state index contributed by atoms with van der Waals surface area (Å²) in [5.74, 6) is 1.23. The summed E-state index contributed by atoms with van der Waals surface area (Å²) in [6, 6.07) is 0. The van der Waals surface area contributed by atoms with Crippen molar-refractivity contribution in [2.45, 2.75) is 32.2 Å². The Morgan fingerprint density at radius 1 is 1.50 bits per heavy atom. The Bertz CT molecular complexity index is 122. The Morgan fingerprint density at radius 2 is 2.00 bits per heavy atom. The van der Waals surface area contributed by atoms with E-state index >= 15 is 0 Å². The molecule has 0 heterocycles. The van der Waals surface area contributed by atoms with E-state index in [0.717, 1.165) is 0 Å². The van der Waals surface area contributed by atoms with Crippen LogP contribution in [0.3, 0.4) is 0 Å². The number of rotatable bonds is 3. The zero-order valence-electron chi connectivity index (χ0n) is 7.11. The number of nitrogens with two attached hydrogens (primary N) is 1. The van der Waals surface area contributed by atoms with E-state index in [2.05, 4.69) is 20.1 Å². The first kappa shape index (κ1) is 8.41. The van der Waals surface area contributed by atoms with Gasteiger partial charge in [-0.15, -0.1) is 0 Å². The Balaban J connectivity index is 2.52. The molecule has 1 aliphatic carbocycles. The second-order valence-corrected chi connectivity index (χ2v) is 4.80. The smallest absolute Gasteiger partial charge is 0.0162 e. The Morgan fingerprint density at radius 3 is 2.10 bits per heavy atom. The van der Waals surface area contributed by atoms with Crippen LogP contribution in [0.1, 0.15) is 26.7 Å². The summed E-state index contributed by atoms with van der Waals surface area (Å²) in [5.41, 5.74) is 6.56. The molecule has 0 spiro atoms. The number of thioether (sulfide) groups is 1. The molecular weight excluding hydrogens is 142 g/mol. The molecule has 1 fully saturated rings. The molecule has 0 aromatic heterocycles. The second kappa shape index (κ2) is 2.42. The number of hydrogen-bond acceptors (Lipinski definition) is 2. The van der Waals surface area contributed by atoms with E-state index in [1.165, 1.54) is 18.6 Å². The zero-order chi connectivity index (χ0) is 7.83. The topological polar surface area (TPSA) is 26.0 Å². The van der Waals surface area contributed by atoms with Crippen molar-refractivity contribution in [2.75, 3.05) is 12.0 Å². The Kier molecular flexibility index (Phi) is 2.03. The third-order valence-corrected chi connectivity index (χ3v) is 3.48. The van der Waals surface area contributed by atoms with Gasteiger partial charge < -0.3 is 5.73 Å². The van der Waals surface area contributed by atoms with Crippen molar-refractivity contribution in [1.82, 2.24) is 0 Å². The van der Waals surface area contributed by atoms with Crippen molar-refractivity contribution in [3.05, 3.63) is 0 Å². The van der Waals surface area contributed by atoms with Gasteiger partial charge in [0.05, 0.1) is 0 Å². The first-order chi connectivity index (χ1) is 4.52. The van der Waals surface area contributed by atoms with E-state index in [9.17, 15) is 0 Å². The quantitative estimate of drug-likeness (QED) is 0.680. The van der Waals surface area contributed by atoms with E-state index in [0.29, 0.717) is 5.41 Å². The maximum atomic E-state index is 6.05. The zero-order valence-corrected chi connectivity index (χ0v) is 7.92. The molecule has 0 amide bonds. The lowest BCUT2D eigenvalue weighted by atomic mass is 9.87. The SMILES string of the molecule is CSCC1(C(C)(C)N)CC1. The van der Waals surface area contributed by atoms with E-state index in [4.69, 9.17) is 5.73 Å². The van der Waals surface area contributed by atoms with E-state index in [-0.39, 0.29) is 5.54 Å². The molecule has 0 unspecified atom stereocenters. The first-order valence-corrected chi connectivity index (χ1v) is 5.19. The highest BCUT2D eigenvalue weighted by Crippen LogP contribution is 2.54. The van der Waals surface area contributed by atoms with Gasteiger partial charge in [-0.05, 0) is 38.4 Å². The minimum Gasteiger partial charge on any atom is -0.325 e. The van der Waals surface area contributed by atoms with Crippen LogP contribution in [-0.2, 0) is 0 Å². The Hall–Kier alpha value is 0.310. The van der Waals surface area contributed by atoms with Crippen LogP contribution in [0.5, 0.6) is 0 Å². The third kappa shape index (κ3) is 1.32. The molecule has 0 aliphatic heterocycles. The van der Waals surface area contributed by atoms with E-state index in [1.807, 2.05) is 11.8 Å². The highest BCUT2D eigenvalue weighted by molar-refractivity contribution is 7.98. The van der Waals surface area contributed by atoms with Gasteiger partial charge in [0.2, 0.25) is 0 Å². The van der Waals surface area contributed by atoms with Crippen LogP contribution in [0.25, 0.3) is 0 Å². The van der Waals surface area contributed by atoms with Crippen LogP contribution in [0.2, 0.25) is 0 Å². The molecule has 0 aromatic carbocycles. The molecule has 1 rings (SSSR count). The molecule has 0 bridgehead atoms. The van der Waals surface area contributed by atoms with E-state index in [1.54, 1.807) is 0 Å². The molecule has 0 radical (unpaired) electrons. The lowest BCUT2D eigenvalue weighted by Gasteiger charge is -2.29. The van der Waals surface area contributed by atoms with Gasteiger partial charge in [-0.25, -0.2) is 0 Å². The minimum atomic E-state index is 0.0377. The molecule has 2 N–H and O–H groups in total. The summed E-state index contributed by atoms with van der Waals surface area (Å²) in [6.45, 7) is 4.30. The normalized spacial score (nSPS) is 22.8. The van der Waals surface area contributed by atoms with Crippen LogP contribution in [0, 0.1) is 5.41 Å². The van der Waals surface area contributed by atoms with Crippen molar-refractivity contribution in [3.8, 4) is 0 Å². The molecule has 60 valence electrons. The maximum Gasteiger partial charge on any atom is 0.0162 e. The highest BCUT2D eigenvalue weighted by Gasteiger charge is 2.51. The third-order valence-electron chi connectivity index (χ3n) is 2.64. The van der Waals surface area contributed by atoms with Gasteiger partial charge >= 0.3 is 0 Å². The van der Waals surface area contributed by atoms with Gasteiger partial charge in [0, 0.05) is 11.3 Å². The predicted molar refractivity (Wildman–Crippen MR) is 48.3 cm³/mol. The molecule has 1 aliphatic rings. The average Bonchev–Trinajstić information content (AvgIpc) is 2.45. The van der Waals surface area contributed by atoms with Gasteiger partial charge in [0.25, 0.3) is 0 Å². The second-order valence-electron chi connectivity index (χ2n) is 3.94. The molecule has 2 heteroatoms. The molecule has 0 saturated heterocycles. The summed E-state index contributed by atoms with van der Waals surface area (Å²) in [4.78, 5) is 0. The van der Waals surface area contributed by atoms with Gasteiger partial charge in [-0.2, -0.15) is 11.8 Å². The van der Waals surface area contributed by atoms with Crippen LogP contribution >= 0.6 is 11.8 Å². The summed E-state index contributed by atoms with van der Waals surface area (Å²) < 4.78 is 0. The summed E-state index contributed by atoms with van der Waals surface area (Å²) in [7, 11) is 0. The van der Waals surface area contributed by atoms with Crippen molar-refractivity contribution < 1.29 is 0 Å². The lowest BCUT2D eigenvalue weighted by molar-refractivity contribution is 0.330. The van der Waals surface area contributed by atoms with Gasteiger partial charge in [0.1, 0.15) is 0 Å². The van der Waals surface area contributed by atoms with Crippen molar-refractivity contribution in [3.63, 3.8) is 0 Å². The van der Waals surface area contributed by atoms with E-state index < -0.39 is 0 Å². The largest absolute Gasteiger partial charge is 0.325 e. The highest BCUT2D eigenvalue weighted by atomic mass is 32.2. The minimum absolute atomic E-state index is 0.0377. The standard InChI is InChI=1S/C8H17NS/c1-7(2,9)8(4-5-8)6-10-3/h4-6,9H2,1-3H3. The maximum absolute atomic E-state index is 6.05. The lowest BCUT2D eigenvalue weighted by Crippen LogP contribution is -2.43. The fraction of sp³-hybridized carbons (Fsp3) is 1.00. The van der Waals surface area contributed by atoms with Crippen molar-refractivity contribution in [1.29, 1.82) is 0 Å². The average molecular weight is 159 g/mol. The van der Waals surface area contributed by atoms with Gasteiger partial charge in [-0.3, -0.25) is 0 Å². The van der Waals surface area contributed by atoms with Crippen molar-refractivity contribution in [2.24, 2.45) is 11.1 Å². The molecule has 1 saturated carbocycles. The summed E-state index contributed by atoms with van der Waals surface area (Å²) >= 11 is 1.92. The predicted octanol–water partition coefficient (Wildman–Crippen LogP) is 1.87. The summed E-state index contributed by atoms with van der Waals surface area (Å²) in [5, 5.41) is 0. The molecule has 10 heavy (non-hydrogen) atoms. The van der Waals surface area contributed by atoms with Crippen LogP contribution in [-0.4, -0.2) is 17.5 Å². The van der Waals surface area contributed by atoms with Crippen molar-refractivity contribution >= 4 is 11.8 Å². The molecule has 1 nitrogen and oxygen atoms in total. The van der Waals surface area contributed by atoms with Gasteiger partial charge in [0.15, 0.2) is 0 Å². The fourth-order valence-corrected chi connectivity index (χ4v) is 2.62. The Labute approximate surface area is 67.8 Å². The molecule has 0 aromatic rings. The first-order valence-electron chi connectivity index (χ1n) is 3.80. The molecular formula is C8H17NS. The molecule has 0 atom stereocenters. The summed E-state index contributed by atoms with van der Waals surface area (Å²) in [6.07, 6.45) is 4.82. The van der Waals surface area contributed by atoms with Gasteiger partial charge in [-0.1, -0.05) is 0 Å². The number of hydrogen-bond donors (Lipinski definition) is 1.